The molecule has 0 amide bonds. The number of hydrogen-bond acceptors (Lipinski definition) is 1. The van der Waals surface area contributed by atoms with Gasteiger partial charge in [-0.2, -0.15) is 0 Å². The summed E-state index contributed by atoms with van der Waals surface area (Å²) in [7, 11) is 0. The van der Waals surface area contributed by atoms with Crippen molar-refractivity contribution in [3.05, 3.63) is 59.7 Å². The third-order valence-electron chi connectivity index (χ3n) is 2.38. The maximum absolute atomic E-state index is 11.8. The third kappa shape index (κ3) is 2.45. The first-order valence-corrected chi connectivity index (χ1v) is 5.78. The van der Waals surface area contributed by atoms with Crippen molar-refractivity contribution in [1.82, 2.24) is 0 Å². The Bertz CT molecular complexity index is 417. The Morgan fingerprint density at radius 2 is 1.93 bits per heavy atom. The van der Waals surface area contributed by atoms with Gasteiger partial charge in [-0.3, -0.25) is 4.79 Å². The van der Waals surface area contributed by atoms with E-state index in [1.54, 1.807) is 0 Å². The van der Waals surface area contributed by atoms with Gasteiger partial charge in [0.2, 0.25) is 0 Å². The van der Waals surface area contributed by atoms with E-state index in [1.807, 2.05) is 48.6 Å². The SMILES string of the molecule is O=C1C(Cc2ccccc2)=CC=CC1Br. The molecular weight excluding hydrogens is 252 g/mol. The van der Waals surface area contributed by atoms with Gasteiger partial charge in [0.1, 0.15) is 0 Å². The number of hydrogen-bond donors (Lipinski definition) is 0. The first-order valence-electron chi connectivity index (χ1n) is 4.87. The van der Waals surface area contributed by atoms with E-state index in [0.717, 1.165) is 5.57 Å². The number of allylic oxidation sites excluding steroid dienone is 4. The van der Waals surface area contributed by atoms with E-state index in [-0.39, 0.29) is 10.6 Å². The number of alkyl halides is 1. The van der Waals surface area contributed by atoms with Crippen LogP contribution < -0.4 is 0 Å². The number of carbonyl (C=O) groups excluding carboxylic acids is 1. The van der Waals surface area contributed by atoms with E-state index in [0.29, 0.717) is 6.42 Å². The summed E-state index contributed by atoms with van der Waals surface area (Å²) in [4.78, 5) is 11.6. The predicted molar refractivity (Wildman–Crippen MR) is 65.1 cm³/mol. The van der Waals surface area contributed by atoms with Gasteiger partial charge in [-0.15, -0.1) is 0 Å². The smallest absolute Gasteiger partial charge is 0.176 e. The van der Waals surface area contributed by atoms with Crippen LogP contribution in [0.4, 0.5) is 0 Å². The highest BCUT2D eigenvalue weighted by atomic mass is 79.9. The Labute approximate surface area is 97.6 Å². The van der Waals surface area contributed by atoms with E-state index in [2.05, 4.69) is 15.9 Å². The van der Waals surface area contributed by atoms with Crippen molar-refractivity contribution in [2.75, 3.05) is 0 Å². The molecule has 1 aromatic rings. The van der Waals surface area contributed by atoms with Crippen LogP contribution in [0.2, 0.25) is 0 Å². The monoisotopic (exact) mass is 262 g/mol. The fourth-order valence-electron chi connectivity index (χ4n) is 1.58. The minimum Gasteiger partial charge on any atom is -0.293 e. The molecule has 1 aliphatic carbocycles. The molecule has 2 rings (SSSR count). The van der Waals surface area contributed by atoms with Gasteiger partial charge in [-0.05, 0) is 5.56 Å². The van der Waals surface area contributed by atoms with Crippen molar-refractivity contribution in [2.24, 2.45) is 0 Å². The first-order chi connectivity index (χ1) is 7.27. The summed E-state index contributed by atoms with van der Waals surface area (Å²) in [6.07, 6.45) is 6.40. The number of Topliss-reactive ketones (excluding diaryl/α,β-unsaturated/α-hetero) is 1. The Morgan fingerprint density at radius 3 is 2.67 bits per heavy atom. The molecule has 1 nitrogen and oxygen atoms in total. The average Bonchev–Trinajstić information content (AvgIpc) is 2.26. The van der Waals surface area contributed by atoms with Gasteiger partial charge in [0.05, 0.1) is 4.83 Å². The van der Waals surface area contributed by atoms with Crippen LogP contribution in [0.5, 0.6) is 0 Å². The molecule has 0 bridgehead atoms. The second-order valence-corrected chi connectivity index (χ2v) is 4.49. The number of rotatable bonds is 2. The number of carbonyl (C=O) groups is 1. The van der Waals surface area contributed by atoms with Gasteiger partial charge in [0.15, 0.2) is 5.78 Å². The highest BCUT2D eigenvalue weighted by Gasteiger charge is 2.18. The molecule has 0 saturated heterocycles. The van der Waals surface area contributed by atoms with Gasteiger partial charge in [0.25, 0.3) is 0 Å². The van der Waals surface area contributed by atoms with Gasteiger partial charge in [-0.1, -0.05) is 64.5 Å². The van der Waals surface area contributed by atoms with E-state index >= 15 is 0 Å². The molecule has 0 spiro atoms. The molecule has 1 aliphatic rings. The Hall–Kier alpha value is -1.15. The molecule has 2 heteroatoms. The fraction of sp³-hybridized carbons (Fsp3) is 0.154. The molecule has 0 saturated carbocycles. The van der Waals surface area contributed by atoms with Crippen molar-refractivity contribution >= 4 is 21.7 Å². The molecule has 0 heterocycles. The van der Waals surface area contributed by atoms with Gasteiger partial charge in [-0.25, -0.2) is 0 Å². The van der Waals surface area contributed by atoms with Crippen molar-refractivity contribution in [3.63, 3.8) is 0 Å². The Kier molecular flexibility index (Phi) is 3.17. The summed E-state index contributed by atoms with van der Waals surface area (Å²) in [6.45, 7) is 0. The zero-order valence-corrected chi connectivity index (χ0v) is 9.78. The molecule has 0 aliphatic heterocycles. The predicted octanol–water partition coefficient (Wildman–Crippen LogP) is 3.06. The standard InChI is InChI=1S/C13H11BrO/c14-12-8-4-7-11(13(12)15)9-10-5-2-1-3-6-10/h1-8,12H,9H2. The number of halogens is 1. The van der Waals surface area contributed by atoms with E-state index in [9.17, 15) is 4.79 Å². The largest absolute Gasteiger partial charge is 0.293 e. The van der Waals surface area contributed by atoms with Crippen LogP contribution in [0, 0.1) is 0 Å². The fourth-order valence-corrected chi connectivity index (χ4v) is 2.05. The lowest BCUT2D eigenvalue weighted by Crippen LogP contribution is -2.17. The number of ketones is 1. The lowest BCUT2D eigenvalue weighted by Gasteiger charge is -2.12. The van der Waals surface area contributed by atoms with E-state index < -0.39 is 0 Å². The zero-order valence-electron chi connectivity index (χ0n) is 8.19. The van der Waals surface area contributed by atoms with Crippen LogP contribution in [-0.2, 0) is 11.2 Å². The van der Waals surface area contributed by atoms with Crippen LogP contribution in [0.15, 0.2) is 54.1 Å². The summed E-state index contributed by atoms with van der Waals surface area (Å²) < 4.78 is 0. The molecule has 15 heavy (non-hydrogen) atoms. The Balaban J connectivity index is 2.16. The minimum atomic E-state index is -0.152. The minimum absolute atomic E-state index is 0.152. The van der Waals surface area contributed by atoms with Crippen molar-refractivity contribution in [2.45, 2.75) is 11.2 Å². The molecule has 1 atom stereocenters. The van der Waals surface area contributed by atoms with Gasteiger partial charge < -0.3 is 0 Å². The lowest BCUT2D eigenvalue weighted by molar-refractivity contribution is -0.114. The zero-order chi connectivity index (χ0) is 10.7. The second-order valence-electron chi connectivity index (χ2n) is 3.51. The summed E-state index contributed by atoms with van der Waals surface area (Å²) >= 11 is 3.33. The molecule has 0 aromatic heterocycles. The van der Waals surface area contributed by atoms with Crippen molar-refractivity contribution in [1.29, 1.82) is 0 Å². The summed E-state index contributed by atoms with van der Waals surface area (Å²) in [5, 5.41) is 0. The normalized spacial score (nSPS) is 20.2. The summed E-state index contributed by atoms with van der Waals surface area (Å²) in [5.41, 5.74) is 2.04. The van der Waals surface area contributed by atoms with Crippen LogP contribution in [0.1, 0.15) is 5.56 Å². The van der Waals surface area contributed by atoms with Crippen LogP contribution in [0.25, 0.3) is 0 Å². The van der Waals surface area contributed by atoms with E-state index in [1.165, 1.54) is 5.56 Å². The maximum Gasteiger partial charge on any atom is 0.176 e. The maximum atomic E-state index is 11.8. The molecule has 76 valence electrons. The molecule has 1 aromatic carbocycles. The molecule has 1 unspecified atom stereocenters. The molecule has 0 N–H and O–H groups in total. The van der Waals surface area contributed by atoms with Crippen LogP contribution >= 0.6 is 15.9 Å². The summed E-state index contributed by atoms with van der Waals surface area (Å²) in [6, 6.07) is 10.0. The third-order valence-corrected chi connectivity index (χ3v) is 3.10. The second kappa shape index (κ2) is 4.58. The van der Waals surface area contributed by atoms with Crippen LogP contribution in [0.3, 0.4) is 0 Å². The number of benzene rings is 1. The highest BCUT2D eigenvalue weighted by molar-refractivity contribution is 9.10. The Morgan fingerprint density at radius 1 is 1.20 bits per heavy atom. The lowest BCUT2D eigenvalue weighted by atomic mass is 9.96. The van der Waals surface area contributed by atoms with Gasteiger partial charge >= 0.3 is 0 Å². The molecule has 0 fully saturated rings. The first kappa shape index (κ1) is 10.4. The molecule has 0 radical (unpaired) electrons. The topological polar surface area (TPSA) is 17.1 Å². The van der Waals surface area contributed by atoms with E-state index in [4.69, 9.17) is 0 Å². The van der Waals surface area contributed by atoms with Crippen LogP contribution in [-0.4, -0.2) is 10.6 Å². The molecular formula is C13H11BrO. The average molecular weight is 263 g/mol. The summed E-state index contributed by atoms with van der Waals surface area (Å²) in [5.74, 6) is 0.168. The highest BCUT2D eigenvalue weighted by Crippen LogP contribution is 2.18. The quantitative estimate of drug-likeness (QED) is 0.749. The van der Waals surface area contributed by atoms with Crippen molar-refractivity contribution < 1.29 is 4.79 Å². The van der Waals surface area contributed by atoms with Gasteiger partial charge in [0, 0.05) is 12.0 Å². The van der Waals surface area contributed by atoms with Crippen molar-refractivity contribution in [3.8, 4) is 0 Å².